The lowest BCUT2D eigenvalue weighted by molar-refractivity contribution is -0.132. The first kappa shape index (κ1) is 26.0. The van der Waals surface area contributed by atoms with E-state index in [4.69, 9.17) is 4.74 Å². The van der Waals surface area contributed by atoms with Crippen LogP contribution in [-0.4, -0.2) is 38.2 Å². The highest BCUT2D eigenvalue weighted by atomic mass is 32.2. The Morgan fingerprint density at radius 3 is 2.75 bits per heavy atom. The van der Waals surface area contributed by atoms with E-state index in [-0.39, 0.29) is 34.1 Å². The smallest absolute Gasteiger partial charge is 0.301 e. The third-order valence-electron chi connectivity index (χ3n) is 6.71. The summed E-state index contributed by atoms with van der Waals surface area (Å²) in [5, 5.41) is 30.1. The first-order valence-electron chi connectivity index (χ1n) is 12.4. The predicted molar refractivity (Wildman–Crippen MR) is 149 cm³/mol. The number of phenolic OH excluding ortho intramolecular Hbond substituents is 1. The molecule has 6 rings (SSSR count). The highest BCUT2D eigenvalue weighted by molar-refractivity contribution is 8.00. The zero-order valence-corrected chi connectivity index (χ0v) is 22.7. The van der Waals surface area contributed by atoms with Gasteiger partial charge in [0.1, 0.15) is 29.2 Å². The van der Waals surface area contributed by atoms with Crippen LogP contribution in [0.25, 0.3) is 5.76 Å². The minimum Gasteiger partial charge on any atom is -0.508 e. The number of halogens is 1. The van der Waals surface area contributed by atoms with Gasteiger partial charge in [0.05, 0.1) is 11.6 Å². The molecule has 202 valence electrons. The van der Waals surface area contributed by atoms with E-state index in [1.807, 2.05) is 6.92 Å². The normalized spacial score (nSPS) is 19.6. The van der Waals surface area contributed by atoms with Crippen molar-refractivity contribution in [3.63, 3.8) is 0 Å². The number of carbonyl (C=O) groups excluding carboxylic acids is 2. The number of Topliss-reactive ketones (excluding diaryl/α,β-unsaturated/α-hetero) is 1. The molecule has 2 unspecified atom stereocenters. The van der Waals surface area contributed by atoms with Crippen molar-refractivity contribution in [1.29, 1.82) is 0 Å². The molecule has 40 heavy (non-hydrogen) atoms. The number of carbonyl (C=O) groups is 2. The number of anilines is 1. The Morgan fingerprint density at radius 1 is 1.12 bits per heavy atom. The molecule has 8 nitrogen and oxygen atoms in total. The van der Waals surface area contributed by atoms with Crippen LogP contribution in [0.15, 0.2) is 76.6 Å². The molecule has 2 aliphatic rings. The van der Waals surface area contributed by atoms with Crippen LogP contribution in [0, 0.1) is 5.82 Å². The fourth-order valence-corrected chi connectivity index (χ4v) is 6.73. The van der Waals surface area contributed by atoms with Gasteiger partial charge in [0.15, 0.2) is 4.34 Å². The van der Waals surface area contributed by atoms with Crippen molar-refractivity contribution in [2.75, 3.05) is 4.90 Å². The summed E-state index contributed by atoms with van der Waals surface area (Å²) >= 11 is 2.33. The lowest BCUT2D eigenvalue weighted by atomic mass is 9.94. The highest BCUT2D eigenvalue weighted by Crippen LogP contribution is 2.45. The summed E-state index contributed by atoms with van der Waals surface area (Å²) in [5.74, 6) is -1.48. The minimum absolute atomic E-state index is 0.00637. The number of benzene rings is 3. The zero-order chi connectivity index (χ0) is 28.0. The average Bonchev–Trinajstić information content (AvgIpc) is 3.63. The molecule has 0 bridgehead atoms. The lowest BCUT2D eigenvalue weighted by Gasteiger charge is -2.22. The number of aliphatic hydroxyl groups is 1. The van der Waals surface area contributed by atoms with Gasteiger partial charge in [-0.2, -0.15) is 0 Å². The number of phenols is 1. The van der Waals surface area contributed by atoms with E-state index in [0.29, 0.717) is 39.0 Å². The molecule has 0 aliphatic carbocycles. The largest absolute Gasteiger partial charge is 0.508 e. The van der Waals surface area contributed by atoms with Crippen LogP contribution in [0.1, 0.15) is 35.2 Å². The number of aromatic hydroxyl groups is 1. The van der Waals surface area contributed by atoms with E-state index in [2.05, 4.69) is 10.2 Å². The van der Waals surface area contributed by atoms with Crippen LogP contribution < -0.4 is 9.64 Å². The molecular weight excluding hydrogens is 553 g/mol. The fraction of sp³-hybridized carbons (Fsp3) is 0.172. The second-order valence-corrected chi connectivity index (χ2v) is 11.6. The second-order valence-electron chi connectivity index (χ2n) is 9.45. The zero-order valence-electron chi connectivity index (χ0n) is 21.1. The van der Waals surface area contributed by atoms with Gasteiger partial charge in [-0.1, -0.05) is 53.4 Å². The number of aliphatic hydroxyl groups excluding tert-OH is 1. The first-order chi connectivity index (χ1) is 19.3. The number of ether oxygens (including phenoxy) is 1. The lowest BCUT2D eigenvalue weighted by Crippen LogP contribution is -2.29. The number of ketones is 1. The molecule has 2 aliphatic heterocycles. The quantitative estimate of drug-likeness (QED) is 0.100. The van der Waals surface area contributed by atoms with E-state index >= 15 is 0 Å². The number of thioether (sulfide) groups is 1. The molecule has 1 saturated heterocycles. The van der Waals surface area contributed by atoms with Crippen LogP contribution in [-0.2, 0) is 21.8 Å². The van der Waals surface area contributed by atoms with Crippen LogP contribution in [0.2, 0.25) is 0 Å². The van der Waals surface area contributed by atoms with E-state index in [1.54, 1.807) is 48.5 Å². The molecule has 1 fully saturated rings. The van der Waals surface area contributed by atoms with E-state index in [1.165, 1.54) is 34.9 Å². The van der Waals surface area contributed by atoms with Crippen molar-refractivity contribution in [3.05, 3.63) is 100 Å². The predicted octanol–water partition coefficient (Wildman–Crippen LogP) is 5.62. The maximum Gasteiger partial charge on any atom is 0.301 e. The molecule has 2 atom stereocenters. The van der Waals surface area contributed by atoms with Crippen LogP contribution in [0.3, 0.4) is 0 Å². The van der Waals surface area contributed by atoms with Crippen molar-refractivity contribution >= 4 is 45.7 Å². The van der Waals surface area contributed by atoms with Gasteiger partial charge in [0.25, 0.3) is 5.78 Å². The van der Waals surface area contributed by atoms with Gasteiger partial charge >= 0.3 is 5.91 Å². The second kappa shape index (κ2) is 10.4. The molecule has 4 aromatic rings. The minimum atomic E-state index is -1.06. The monoisotopic (exact) mass is 575 g/mol. The molecular formula is C29H22FN3O5S2. The van der Waals surface area contributed by atoms with Gasteiger partial charge in [-0.25, -0.2) is 4.39 Å². The number of hydrogen-bond donors (Lipinski definition) is 2. The van der Waals surface area contributed by atoms with Crippen molar-refractivity contribution in [2.24, 2.45) is 0 Å². The summed E-state index contributed by atoms with van der Waals surface area (Å²) < 4.78 is 20.3. The summed E-state index contributed by atoms with van der Waals surface area (Å²) in [6.07, 6.45) is 0.645. The standard InChI is InChI=1S/C29H22FN3O5S2/c1-15-11-19-12-17(9-10-22(19)38-15)25(35)23-24(16-6-4-7-20(34)13-16)33(27(37)26(23)36)28-31-32-29(40-28)39-14-18-5-2-3-8-21(18)30/h2-10,12-13,15,24,34-35H,11,14H2,1H3. The first-order valence-corrected chi connectivity index (χ1v) is 14.2. The van der Waals surface area contributed by atoms with Gasteiger partial charge in [-0.3, -0.25) is 14.5 Å². The van der Waals surface area contributed by atoms with E-state index in [0.717, 1.165) is 16.9 Å². The van der Waals surface area contributed by atoms with Gasteiger partial charge in [0.2, 0.25) is 5.13 Å². The number of aromatic nitrogens is 2. The number of nitrogens with zero attached hydrogens (tertiary/aromatic N) is 3. The van der Waals surface area contributed by atoms with Crippen LogP contribution in [0.5, 0.6) is 11.5 Å². The topological polar surface area (TPSA) is 113 Å². The Morgan fingerprint density at radius 2 is 1.95 bits per heavy atom. The van der Waals surface area contributed by atoms with E-state index in [9.17, 15) is 24.2 Å². The van der Waals surface area contributed by atoms with Gasteiger partial charge in [-0.05, 0) is 60.0 Å². The van der Waals surface area contributed by atoms with Gasteiger partial charge < -0.3 is 14.9 Å². The maximum absolute atomic E-state index is 14.1. The molecule has 11 heteroatoms. The summed E-state index contributed by atoms with van der Waals surface area (Å²) in [6.45, 7) is 1.94. The Labute approximate surface area is 236 Å². The summed E-state index contributed by atoms with van der Waals surface area (Å²) in [4.78, 5) is 28.0. The summed E-state index contributed by atoms with van der Waals surface area (Å²) in [7, 11) is 0. The Kier molecular flexibility index (Phi) is 6.77. The summed E-state index contributed by atoms with van der Waals surface area (Å²) in [5.41, 5.74) is 2.05. The van der Waals surface area contributed by atoms with E-state index < -0.39 is 17.7 Å². The molecule has 1 aromatic heterocycles. The fourth-order valence-electron chi connectivity index (χ4n) is 4.88. The van der Waals surface area contributed by atoms with Crippen molar-refractivity contribution in [3.8, 4) is 11.5 Å². The van der Waals surface area contributed by atoms with Gasteiger partial charge in [-0.15, -0.1) is 10.2 Å². The Hall–Kier alpha value is -4.22. The average molecular weight is 576 g/mol. The third kappa shape index (κ3) is 4.71. The van der Waals surface area contributed by atoms with Crippen molar-refractivity contribution in [1.82, 2.24) is 10.2 Å². The summed E-state index contributed by atoms with van der Waals surface area (Å²) in [6, 6.07) is 16.6. The van der Waals surface area contributed by atoms with Crippen molar-refractivity contribution < 1.29 is 28.9 Å². The molecule has 3 heterocycles. The molecule has 1 amide bonds. The molecule has 2 N–H and O–H groups in total. The number of hydrogen-bond acceptors (Lipinski definition) is 9. The SMILES string of the molecule is CC1Cc2cc(C(O)=C3C(=O)C(=O)N(c4nnc(SCc5ccccc5F)s4)C3c3cccc(O)c3)ccc2O1. The highest BCUT2D eigenvalue weighted by Gasteiger charge is 2.48. The Bertz CT molecular complexity index is 1690. The number of amides is 1. The maximum atomic E-state index is 14.1. The molecule has 0 saturated carbocycles. The van der Waals surface area contributed by atoms with Crippen LogP contribution in [0.4, 0.5) is 9.52 Å². The molecule has 3 aromatic carbocycles. The Balaban J connectivity index is 1.39. The molecule has 0 spiro atoms. The number of rotatable bonds is 6. The van der Waals surface area contributed by atoms with Gasteiger partial charge in [0, 0.05) is 17.7 Å². The molecule has 0 radical (unpaired) electrons. The number of fused-ring (bicyclic) bond motifs is 1. The van der Waals surface area contributed by atoms with Crippen LogP contribution >= 0.6 is 23.1 Å². The third-order valence-corrected chi connectivity index (χ3v) is 8.82. The van der Waals surface area contributed by atoms with Crippen molar-refractivity contribution in [2.45, 2.75) is 35.6 Å².